The zero-order valence-corrected chi connectivity index (χ0v) is 19.6. The highest BCUT2D eigenvalue weighted by Crippen LogP contribution is 2.44. The molecule has 0 aliphatic carbocycles. The van der Waals surface area contributed by atoms with E-state index >= 15 is 0 Å². The van der Waals surface area contributed by atoms with Gasteiger partial charge in [0.2, 0.25) is 0 Å². The highest BCUT2D eigenvalue weighted by Gasteiger charge is 2.34. The summed E-state index contributed by atoms with van der Waals surface area (Å²) in [7, 11) is -0.835. The summed E-state index contributed by atoms with van der Waals surface area (Å²) in [5.74, 6) is 1.02. The van der Waals surface area contributed by atoms with Crippen LogP contribution in [-0.2, 0) is 4.52 Å². The predicted molar refractivity (Wildman–Crippen MR) is 125 cm³/mol. The Morgan fingerprint density at radius 1 is 0.741 bits per heavy atom. The van der Waals surface area contributed by atoms with Crippen LogP contribution < -0.4 is 10.6 Å². The molecule has 0 aromatic heterocycles. The van der Waals surface area contributed by atoms with E-state index < -0.39 is 8.15 Å². The first-order valence-electron chi connectivity index (χ1n) is 9.94. The Labute approximate surface area is 172 Å². The van der Waals surface area contributed by atoms with Gasteiger partial charge in [0.15, 0.2) is 0 Å². The smallest absolute Gasteiger partial charge is 0.0922 e. The first kappa shape index (κ1) is 22.5. The second kappa shape index (κ2) is 10.1. The Hall–Kier alpha value is -0.820. The van der Waals surface area contributed by atoms with E-state index in [0.29, 0.717) is 17.1 Å². The largest absolute Gasteiger partial charge is 0.345 e. The number of hydrogen-bond acceptors (Lipinski definition) is 2. The van der Waals surface area contributed by atoms with Crippen molar-refractivity contribution in [2.75, 3.05) is 0 Å². The normalized spacial score (nSPS) is 14.7. The molecule has 0 aliphatic rings. The summed E-state index contributed by atoms with van der Waals surface area (Å²) >= 11 is 2.06. The summed E-state index contributed by atoms with van der Waals surface area (Å²) in [6.07, 6.45) is 0.209. The lowest BCUT2D eigenvalue weighted by atomic mass is 9.97. The fourth-order valence-electron chi connectivity index (χ4n) is 3.07. The van der Waals surface area contributed by atoms with Gasteiger partial charge in [0.25, 0.3) is 0 Å². The molecule has 27 heavy (non-hydrogen) atoms. The van der Waals surface area contributed by atoms with Gasteiger partial charge in [0, 0.05) is 20.6 Å². The van der Waals surface area contributed by atoms with Crippen molar-refractivity contribution in [1.29, 1.82) is 0 Å². The van der Waals surface area contributed by atoms with Crippen molar-refractivity contribution in [2.24, 2.45) is 11.8 Å². The highest BCUT2D eigenvalue weighted by atomic mass is 32.2. The third-order valence-electron chi connectivity index (χ3n) is 4.34. The Morgan fingerprint density at radius 3 is 1.52 bits per heavy atom. The fraction of sp³-hybridized carbons (Fsp3) is 0.500. The van der Waals surface area contributed by atoms with Gasteiger partial charge in [-0.1, -0.05) is 109 Å². The van der Waals surface area contributed by atoms with Crippen LogP contribution in [0.5, 0.6) is 0 Å². The summed E-state index contributed by atoms with van der Waals surface area (Å²) in [5.41, 5.74) is 0. The monoisotopic (exact) mass is 402 g/mol. The van der Waals surface area contributed by atoms with Gasteiger partial charge in [-0.3, -0.25) is 0 Å². The molecule has 2 atom stereocenters. The SMILES string of the molecule is CC(C)[C@@H](OP(c1ccccc1)c1ccccc1)[C@H](SC(C)(C)C)C(C)C. The summed E-state index contributed by atoms with van der Waals surface area (Å²) < 4.78 is 7.21. The molecule has 0 heterocycles. The van der Waals surface area contributed by atoms with Gasteiger partial charge < -0.3 is 4.52 Å². The molecule has 0 spiro atoms. The minimum atomic E-state index is -0.835. The number of benzene rings is 2. The van der Waals surface area contributed by atoms with Crippen LogP contribution in [0.15, 0.2) is 60.7 Å². The first-order chi connectivity index (χ1) is 12.7. The van der Waals surface area contributed by atoms with Crippen LogP contribution in [0.1, 0.15) is 48.5 Å². The Kier molecular flexibility index (Phi) is 8.40. The molecule has 0 saturated heterocycles. The topological polar surface area (TPSA) is 9.23 Å². The molecule has 148 valence electrons. The van der Waals surface area contributed by atoms with Crippen LogP contribution in [0, 0.1) is 11.8 Å². The van der Waals surface area contributed by atoms with Crippen molar-refractivity contribution in [3.8, 4) is 0 Å². The maximum Gasteiger partial charge on any atom is 0.0922 e. The molecule has 0 radical (unpaired) electrons. The van der Waals surface area contributed by atoms with Crippen LogP contribution in [0.2, 0.25) is 0 Å². The van der Waals surface area contributed by atoms with Crippen LogP contribution in [0.25, 0.3) is 0 Å². The lowest BCUT2D eigenvalue weighted by Gasteiger charge is -2.38. The van der Waals surface area contributed by atoms with Crippen molar-refractivity contribution >= 4 is 30.5 Å². The molecule has 2 aromatic carbocycles. The molecule has 3 heteroatoms. The third kappa shape index (κ3) is 6.93. The lowest BCUT2D eigenvalue weighted by molar-refractivity contribution is 0.154. The summed E-state index contributed by atoms with van der Waals surface area (Å²) in [4.78, 5) is 0. The molecule has 0 unspecified atom stereocenters. The van der Waals surface area contributed by atoms with Gasteiger partial charge in [-0.05, 0) is 11.8 Å². The van der Waals surface area contributed by atoms with E-state index in [1.807, 2.05) is 0 Å². The predicted octanol–water partition coefficient (Wildman–Crippen LogP) is 6.63. The Bertz CT molecular complexity index is 624. The van der Waals surface area contributed by atoms with Gasteiger partial charge in [-0.2, -0.15) is 0 Å². The zero-order chi connectivity index (χ0) is 20.0. The van der Waals surface area contributed by atoms with Crippen LogP contribution >= 0.6 is 19.9 Å². The molecule has 0 amide bonds. The molecular formula is C24H35OPS. The average Bonchev–Trinajstić information content (AvgIpc) is 2.61. The van der Waals surface area contributed by atoms with Gasteiger partial charge >= 0.3 is 0 Å². The highest BCUT2D eigenvalue weighted by molar-refractivity contribution is 8.01. The first-order valence-corrected chi connectivity index (χ1v) is 12.1. The van der Waals surface area contributed by atoms with E-state index in [0.717, 1.165) is 0 Å². The Balaban J connectivity index is 2.39. The summed E-state index contributed by atoms with van der Waals surface area (Å²) in [6, 6.07) is 21.4. The van der Waals surface area contributed by atoms with E-state index in [2.05, 4.69) is 121 Å². The molecule has 2 aromatic rings. The van der Waals surface area contributed by atoms with Gasteiger partial charge in [-0.15, -0.1) is 11.8 Å². The maximum absolute atomic E-state index is 7.00. The quantitative estimate of drug-likeness (QED) is 0.458. The number of thioether (sulfide) groups is 1. The minimum absolute atomic E-state index is 0.209. The summed E-state index contributed by atoms with van der Waals surface area (Å²) in [6.45, 7) is 16.2. The van der Waals surface area contributed by atoms with Crippen molar-refractivity contribution in [2.45, 2.75) is 64.6 Å². The summed E-state index contributed by atoms with van der Waals surface area (Å²) in [5, 5.41) is 3.03. The number of rotatable bonds is 8. The molecular weight excluding hydrogens is 367 g/mol. The van der Waals surface area contributed by atoms with E-state index in [1.54, 1.807) is 0 Å². The fourth-order valence-corrected chi connectivity index (χ4v) is 6.79. The van der Waals surface area contributed by atoms with E-state index in [-0.39, 0.29) is 10.9 Å². The minimum Gasteiger partial charge on any atom is -0.345 e. The van der Waals surface area contributed by atoms with Crippen molar-refractivity contribution < 1.29 is 4.52 Å². The molecule has 0 saturated carbocycles. The average molecular weight is 403 g/mol. The molecule has 0 aliphatic heterocycles. The van der Waals surface area contributed by atoms with Crippen LogP contribution in [0.3, 0.4) is 0 Å². The van der Waals surface area contributed by atoms with Gasteiger partial charge in [0.05, 0.1) is 14.3 Å². The van der Waals surface area contributed by atoms with Crippen LogP contribution in [0.4, 0.5) is 0 Å². The van der Waals surface area contributed by atoms with E-state index in [1.165, 1.54) is 10.6 Å². The number of hydrogen-bond donors (Lipinski definition) is 0. The van der Waals surface area contributed by atoms with Crippen molar-refractivity contribution in [1.82, 2.24) is 0 Å². The second-order valence-corrected chi connectivity index (χ2v) is 12.6. The maximum atomic E-state index is 7.00. The van der Waals surface area contributed by atoms with E-state index in [4.69, 9.17) is 4.52 Å². The van der Waals surface area contributed by atoms with Gasteiger partial charge in [-0.25, -0.2) is 0 Å². The lowest BCUT2D eigenvalue weighted by Crippen LogP contribution is -2.38. The Morgan fingerprint density at radius 2 is 1.19 bits per heavy atom. The van der Waals surface area contributed by atoms with Crippen LogP contribution in [-0.4, -0.2) is 16.1 Å². The molecule has 0 bridgehead atoms. The molecule has 0 N–H and O–H groups in total. The van der Waals surface area contributed by atoms with Crippen molar-refractivity contribution in [3.05, 3.63) is 60.7 Å². The third-order valence-corrected chi connectivity index (χ3v) is 8.12. The van der Waals surface area contributed by atoms with E-state index in [9.17, 15) is 0 Å². The van der Waals surface area contributed by atoms with Crippen molar-refractivity contribution in [3.63, 3.8) is 0 Å². The second-order valence-electron chi connectivity index (χ2n) is 8.72. The molecule has 1 nitrogen and oxygen atoms in total. The zero-order valence-electron chi connectivity index (χ0n) is 17.8. The standard InChI is InChI=1S/C24H35OPS/c1-18(2)22(23(19(3)4)27-24(5,6)7)25-26(20-14-10-8-11-15-20)21-16-12-9-13-17-21/h8-19,22-23H,1-7H3/t22-,23-/m1/s1. The van der Waals surface area contributed by atoms with Gasteiger partial charge in [0.1, 0.15) is 0 Å². The molecule has 0 fully saturated rings. The molecule has 2 rings (SSSR count).